The molecule has 0 bridgehead atoms. The number of alkyl halides is 3. The van der Waals surface area contributed by atoms with Crippen molar-refractivity contribution in [3.05, 3.63) is 35.4 Å². The fourth-order valence-corrected chi connectivity index (χ4v) is 3.66. The van der Waals surface area contributed by atoms with Crippen LogP contribution in [0.5, 0.6) is 0 Å². The molecular weight excluding hydrogens is 393 g/mol. The molecule has 1 aromatic rings. The summed E-state index contributed by atoms with van der Waals surface area (Å²) < 4.78 is 38.5. The molecule has 1 atom stereocenters. The molecule has 3 nitrogen and oxygen atoms in total. The van der Waals surface area contributed by atoms with Crippen molar-refractivity contribution in [2.75, 3.05) is 13.1 Å². The van der Waals surface area contributed by atoms with E-state index in [1.807, 2.05) is 0 Å². The number of piperidine rings is 1. The first-order valence-corrected chi connectivity index (χ1v) is 7.95. The van der Waals surface area contributed by atoms with E-state index >= 15 is 0 Å². The molecule has 128 valence electrons. The Balaban J connectivity index is 0.00000192. The van der Waals surface area contributed by atoms with Crippen LogP contribution in [0.4, 0.5) is 13.2 Å². The molecule has 0 saturated carbocycles. The molecular formula is C15H18BrF3N2OS. The van der Waals surface area contributed by atoms with Crippen LogP contribution in [0.15, 0.2) is 29.4 Å². The summed E-state index contributed by atoms with van der Waals surface area (Å²) in [5.74, 6) is 0. The zero-order valence-electron chi connectivity index (χ0n) is 12.4. The van der Waals surface area contributed by atoms with Crippen LogP contribution < -0.4 is 0 Å². The second-order valence-electron chi connectivity index (χ2n) is 5.93. The van der Waals surface area contributed by atoms with Crippen molar-refractivity contribution < 1.29 is 18.0 Å². The molecule has 3 rings (SSSR count). The Morgan fingerprint density at radius 3 is 2.52 bits per heavy atom. The van der Waals surface area contributed by atoms with Gasteiger partial charge >= 0.3 is 6.18 Å². The fourth-order valence-electron chi connectivity index (χ4n) is 3.08. The van der Waals surface area contributed by atoms with Crippen LogP contribution in [0.25, 0.3) is 0 Å². The highest BCUT2D eigenvalue weighted by atomic mass is 79.9. The van der Waals surface area contributed by atoms with E-state index in [-0.39, 0.29) is 19.1 Å². The summed E-state index contributed by atoms with van der Waals surface area (Å²) in [7, 11) is 0. The number of oxime groups is 1. The molecule has 0 aromatic heterocycles. The second-order valence-corrected chi connectivity index (χ2v) is 6.84. The highest BCUT2D eigenvalue weighted by Crippen LogP contribution is 2.35. The zero-order valence-corrected chi connectivity index (χ0v) is 15.0. The van der Waals surface area contributed by atoms with Crippen molar-refractivity contribution in [3.63, 3.8) is 0 Å². The summed E-state index contributed by atoms with van der Waals surface area (Å²) in [5.41, 5.74) is -0.00550. The van der Waals surface area contributed by atoms with E-state index in [4.69, 9.17) is 4.84 Å². The van der Waals surface area contributed by atoms with Gasteiger partial charge < -0.3 is 4.84 Å². The monoisotopic (exact) mass is 410 g/mol. The SMILES string of the molecule is FC(F)(F)c1ccc(CN2CCC[C@]3(CC(Br)=NO3)C2)cc1.S. The van der Waals surface area contributed by atoms with Crippen molar-refractivity contribution >= 4 is 34.0 Å². The lowest BCUT2D eigenvalue weighted by Crippen LogP contribution is -2.47. The van der Waals surface area contributed by atoms with Crippen LogP contribution in [-0.2, 0) is 17.6 Å². The lowest BCUT2D eigenvalue weighted by Gasteiger charge is -2.38. The van der Waals surface area contributed by atoms with Crippen LogP contribution in [-0.4, -0.2) is 28.2 Å². The molecule has 0 N–H and O–H groups in total. The molecule has 2 aliphatic heterocycles. The fraction of sp³-hybridized carbons (Fsp3) is 0.533. The van der Waals surface area contributed by atoms with Gasteiger partial charge in [0.2, 0.25) is 0 Å². The smallest absolute Gasteiger partial charge is 0.387 e. The van der Waals surface area contributed by atoms with E-state index in [0.29, 0.717) is 6.54 Å². The zero-order chi connectivity index (χ0) is 15.8. The maximum atomic E-state index is 12.6. The van der Waals surface area contributed by atoms with Crippen molar-refractivity contribution in [1.82, 2.24) is 4.90 Å². The summed E-state index contributed by atoms with van der Waals surface area (Å²) in [6, 6.07) is 5.37. The van der Waals surface area contributed by atoms with E-state index in [1.165, 1.54) is 0 Å². The largest absolute Gasteiger partial charge is 0.416 e. The Kier molecular flexibility index (Phi) is 5.68. The summed E-state index contributed by atoms with van der Waals surface area (Å²) in [6.45, 7) is 2.29. The minimum atomic E-state index is -4.28. The van der Waals surface area contributed by atoms with Crippen LogP contribution in [0.1, 0.15) is 30.4 Å². The minimum Gasteiger partial charge on any atom is -0.387 e. The van der Waals surface area contributed by atoms with Crippen LogP contribution in [0.2, 0.25) is 0 Å². The first kappa shape index (κ1) is 18.6. The number of rotatable bonds is 2. The Bertz CT molecular complexity index is 579. The van der Waals surface area contributed by atoms with E-state index in [9.17, 15) is 13.2 Å². The lowest BCUT2D eigenvalue weighted by molar-refractivity contribution is -0.137. The van der Waals surface area contributed by atoms with E-state index in [1.54, 1.807) is 12.1 Å². The third-order valence-electron chi connectivity index (χ3n) is 4.11. The van der Waals surface area contributed by atoms with Gasteiger partial charge in [-0.15, -0.1) is 0 Å². The molecule has 1 saturated heterocycles. The quantitative estimate of drug-likeness (QED) is 0.726. The van der Waals surface area contributed by atoms with Gasteiger partial charge in [0.1, 0.15) is 4.62 Å². The van der Waals surface area contributed by atoms with Crippen molar-refractivity contribution in [3.8, 4) is 0 Å². The Morgan fingerprint density at radius 2 is 1.96 bits per heavy atom. The van der Waals surface area contributed by atoms with Gasteiger partial charge in [0.15, 0.2) is 5.60 Å². The topological polar surface area (TPSA) is 24.8 Å². The average molecular weight is 411 g/mol. The Hall–Kier alpha value is -0.730. The standard InChI is InChI=1S/C15H16BrF3N2O.H2S/c16-13-8-14(22-20-13)6-1-7-21(10-14)9-11-2-4-12(5-3-11)15(17,18)19;/h2-5H,1,6-10H2;1H2/t14-;/m0./s1. The lowest BCUT2D eigenvalue weighted by atomic mass is 9.90. The molecule has 23 heavy (non-hydrogen) atoms. The van der Waals surface area contributed by atoms with Gasteiger partial charge in [-0.05, 0) is 53.0 Å². The van der Waals surface area contributed by atoms with Gasteiger partial charge in [-0.3, -0.25) is 4.90 Å². The molecule has 0 aliphatic carbocycles. The number of nitrogens with zero attached hydrogens (tertiary/aromatic N) is 2. The third kappa shape index (κ3) is 4.42. The average Bonchev–Trinajstić information content (AvgIpc) is 2.79. The van der Waals surface area contributed by atoms with E-state index < -0.39 is 11.7 Å². The molecule has 2 aliphatic rings. The van der Waals surface area contributed by atoms with Crippen LogP contribution >= 0.6 is 29.4 Å². The van der Waals surface area contributed by atoms with Crippen LogP contribution in [0.3, 0.4) is 0 Å². The number of hydrogen-bond acceptors (Lipinski definition) is 3. The van der Waals surface area contributed by atoms with Gasteiger partial charge in [-0.25, -0.2) is 0 Å². The van der Waals surface area contributed by atoms with Crippen molar-refractivity contribution in [2.45, 2.75) is 37.6 Å². The number of likely N-dealkylation sites (tertiary alicyclic amines) is 1. The van der Waals surface area contributed by atoms with Gasteiger partial charge in [0.25, 0.3) is 0 Å². The first-order chi connectivity index (χ1) is 10.4. The van der Waals surface area contributed by atoms with Crippen LogP contribution in [0, 0.1) is 0 Å². The number of hydrogen-bond donors (Lipinski definition) is 0. The molecule has 8 heteroatoms. The highest BCUT2D eigenvalue weighted by molar-refractivity contribution is 9.18. The predicted octanol–water partition coefficient (Wildman–Crippen LogP) is 4.28. The number of benzene rings is 1. The van der Waals surface area contributed by atoms with E-state index in [2.05, 4.69) is 26.0 Å². The molecule has 1 fully saturated rings. The van der Waals surface area contributed by atoms with Gasteiger partial charge in [-0.2, -0.15) is 26.7 Å². The summed E-state index contributed by atoms with van der Waals surface area (Å²) >= 11 is 3.36. The summed E-state index contributed by atoms with van der Waals surface area (Å²) in [4.78, 5) is 7.79. The Labute approximate surface area is 148 Å². The van der Waals surface area contributed by atoms with Crippen molar-refractivity contribution in [2.24, 2.45) is 5.16 Å². The Morgan fingerprint density at radius 1 is 1.26 bits per heavy atom. The molecule has 1 spiro atoms. The maximum absolute atomic E-state index is 12.6. The molecule has 2 heterocycles. The van der Waals surface area contributed by atoms with Gasteiger partial charge in [0.05, 0.1) is 5.56 Å². The maximum Gasteiger partial charge on any atom is 0.416 e. The second kappa shape index (κ2) is 7.03. The highest BCUT2D eigenvalue weighted by Gasteiger charge is 2.42. The third-order valence-corrected chi connectivity index (χ3v) is 4.54. The predicted molar refractivity (Wildman–Crippen MR) is 91.1 cm³/mol. The normalized spacial score (nSPS) is 25.0. The summed E-state index contributed by atoms with van der Waals surface area (Å²) in [5, 5.41) is 3.97. The minimum absolute atomic E-state index is 0. The molecule has 1 aromatic carbocycles. The van der Waals surface area contributed by atoms with Gasteiger partial charge in [0, 0.05) is 19.5 Å². The van der Waals surface area contributed by atoms with Gasteiger partial charge in [-0.1, -0.05) is 17.3 Å². The summed E-state index contributed by atoms with van der Waals surface area (Å²) in [6.07, 6.45) is -1.57. The first-order valence-electron chi connectivity index (χ1n) is 7.15. The number of halogens is 4. The molecule has 0 amide bonds. The molecule has 0 unspecified atom stereocenters. The van der Waals surface area contributed by atoms with E-state index in [0.717, 1.165) is 54.7 Å². The molecule has 0 radical (unpaired) electrons. The van der Waals surface area contributed by atoms with Crippen molar-refractivity contribution in [1.29, 1.82) is 0 Å².